The van der Waals surface area contributed by atoms with Gasteiger partial charge in [-0.2, -0.15) is 0 Å². The Bertz CT molecular complexity index is 664. The van der Waals surface area contributed by atoms with Crippen molar-refractivity contribution in [3.05, 3.63) is 29.6 Å². The van der Waals surface area contributed by atoms with E-state index in [1.807, 2.05) is 7.05 Å². The summed E-state index contributed by atoms with van der Waals surface area (Å²) in [5.41, 5.74) is -0.984. The number of piperidine rings is 2. The molecule has 0 aliphatic carbocycles. The number of hydrogen-bond donors (Lipinski definition) is 2. The van der Waals surface area contributed by atoms with Crippen LogP contribution in [-0.4, -0.2) is 72.8 Å². The third kappa shape index (κ3) is 4.59. The summed E-state index contributed by atoms with van der Waals surface area (Å²) in [5, 5.41) is 14.4. The van der Waals surface area contributed by atoms with Gasteiger partial charge in [-0.1, -0.05) is 0 Å². The zero-order valence-electron chi connectivity index (χ0n) is 16.2. The second-order valence-corrected chi connectivity index (χ2v) is 7.66. The second kappa shape index (κ2) is 8.54. The highest BCUT2D eigenvalue weighted by atomic mass is 19.1. The molecule has 2 saturated heterocycles. The van der Waals surface area contributed by atoms with Crippen molar-refractivity contribution in [3.63, 3.8) is 0 Å². The number of methoxy groups -OCH3 is 1. The van der Waals surface area contributed by atoms with Gasteiger partial charge < -0.3 is 20.1 Å². The highest BCUT2D eigenvalue weighted by Gasteiger charge is 2.43. The van der Waals surface area contributed by atoms with Gasteiger partial charge >= 0.3 is 0 Å². The minimum atomic E-state index is -1.39. The van der Waals surface area contributed by atoms with Crippen LogP contribution in [0.4, 0.5) is 4.39 Å². The summed E-state index contributed by atoms with van der Waals surface area (Å²) < 4.78 is 19.3. The molecule has 1 aromatic rings. The van der Waals surface area contributed by atoms with E-state index in [9.17, 15) is 14.3 Å². The van der Waals surface area contributed by atoms with Gasteiger partial charge in [0.1, 0.15) is 11.6 Å². The first-order chi connectivity index (χ1) is 12.9. The van der Waals surface area contributed by atoms with E-state index in [0.29, 0.717) is 43.3 Å². The van der Waals surface area contributed by atoms with E-state index >= 15 is 0 Å². The molecule has 2 fully saturated rings. The van der Waals surface area contributed by atoms with Gasteiger partial charge in [0.15, 0.2) is 5.60 Å². The smallest absolute Gasteiger partial charge is 0.256 e. The third-order valence-corrected chi connectivity index (χ3v) is 5.80. The maximum atomic E-state index is 14.2. The van der Waals surface area contributed by atoms with Gasteiger partial charge in [0.05, 0.1) is 7.11 Å². The predicted octanol–water partition coefficient (Wildman–Crippen LogP) is 1.37. The van der Waals surface area contributed by atoms with Crippen LogP contribution in [0.1, 0.15) is 31.2 Å². The summed E-state index contributed by atoms with van der Waals surface area (Å²) in [6, 6.07) is 5.02. The van der Waals surface area contributed by atoms with Crippen LogP contribution in [-0.2, 0) is 11.3 Å². The van der Waals surface area contributed by atoms with E-state index in [2.05, 4.69) is 10.2 Å². The Morgan fingerprint density at radius 3 is 2.74 bits per heavy atom. The van der Waals surface area contributed by atoms with Gasteiger partial charge in [0.25, 0.3) is 5.91 Å². The number of likely N-dealkylation sites (tertiary alicyclic amines) is 2. The number of carbonyl (C=O) groups excluding carboxylic acids is 1. The molecule has 0 spiro atoms. The Morgan fingerprint density at radius 1 is 1.33 bits per heavy atom. The fourth-order valence-electron chi connectivity index (χ4n) is 4.12. The molecule has 0 saturated carbocycles. The van der Waals surface area contributed by atoms with E-state index in [1.165, 1.54) is 13.2 Å². The van der Waals surface area contributed by atoms with Gasteiger partial charge in [-0.25, -0.2) is 4.39 Å². The Morgan fingerprint density at radius 2 is 2.07 bits per heavy atom. The summed E-state index contributed by atoms with van der Waals surface area (Å²) >= 11 is 0. The predicted molar refractivity (Wildman–Crippen MR) is 101 cm³/mol. The molecule has 0 radical (unpaired) electrons. The third-order valence-electron chi connectivity index (χ3n) is 5.80. The van der Waals surface area contributed by atoms with Crippen molar-refractivity contribution < 1.29 is 19.0 Å². The van der Waals surface area contributed by atoms with Crippen molar-refractivity contribution in [1.29, 1.82) is 0 Å². The van der Waals surface area contributed by atoms with Crippen LogP contribution in [0, 0.1) is 5.82 Å². The number of nitrogens with zero attached hydrogens (tertiary/aromatic N) is 2. The molecule has 1 atom stereocenters. The number of ether oxygens (including phenoxy) is 1. The number of β-amino-alcohol motifs (C(OH)–C–C–N with tert-alkyl or cyclic N) is 1. The summed E-state index contributed by atoms with van der Waals surface area (Å²) in [6.07, 6.45) is 3.19. The van der Waals surface area contributed by atoms with E-state index in [1.54, 1.807) is 17.0 Å². The molecular formula is C20H30FN3O3. The lowest BCUT2D eigenvalue weighted by molar-refractivity contribution is -0.160. The monoisotopic (exact) mass is 379 g/mol. The standard InChI is InChI=1S/C20H30FN3O3/c1-22-16-6-10-23(11-7-16)14-20(26)8-3-9-24(19(20)25)13-15-12-17(27-2)4-5-18(15)21/h4-5,12,16,22,26H,3,6-11,13-14H2,1-2H3. The van der Waals surface area contributed by atoms with Crippen LogP contribution >= 0.6 is 0 Å². The van der Waals surface area contributed by atoms with Crippen LogP contribution in [0.5, 0.6) is 5.75 Å². The van der Waals surface area contributed by atoms with Crippen LogP contribution in [0.15, 0.2) is 18.2 Å². The maximum absolute atomic E-state index is 14.2. The zero-order valence-corrected chi connectivity index (χ0v) is 16.2. The normalized spacial score (nSPS) is 25.0. The lowest BCUT2D eigenvalue weighted by atomic mass is 9.90. The van der Waals surface area contributed by atoms with Gasteiger partial charge in [-0.15, -0.1) is 0 Å². The Balaban J connectivity index is 1.66. The molecule has 3 rings (SSSR count). The molecule has 150 valence electrons. The summed E-state index contributed by atoms with van der Waals surface area (Å²) in [6.45, 7) is 2.75. The molecule has 0 bridgehead atoms. The average molecular weight is 379 g/mol. The van der Waals surface area contributed by atoms with Crippen molar-refractivity contribution in [3.8, 4) is 5.75 Å². The lowest BCUT2D eigenvalue weighted by Crippen LogP contribution is -2.59. The summed E-state index contributed by atoms with van der Waals surface area (Å²) in [4.78, 5) is 16.7. The highest BCUT2D eigenvalue weighted by molar-refractivity contribution is 5.86. The Kier molecular flexibility index (Phi) is 6.34. The SMILES string of the molecule is CNC1CCN(CC2(O)CCCN(Cc3cc(OC)ccc3F)C2=O)CC1. The molecule has 0 aromatic heterocycles. The number of carbonyl (C=O) groups is 1. The van der Waals surface area contributed by atoms with E-state index in [0.717, 1.165) is 25.9 Å². The first-order valence-electron chi connectivity index (χ1n) is 9.69. The molecule has 1 aromatic carbocycles. The Hall–Kier alpha value is -1.70. The number of amides is 1. The molecular weight excluding hydrogens is 349 g/mol. The molecule has 6 nitrogen and oxygen atoms in total. The van der Waals surface area contributed by atoms with Crippen molar-refractivity contribution in [2.24, 2.45) is 0 Å². The van der Waals surface area contributed by atoms with Gasteiger partial charge in [-0.3, -0.25) is 9.69 Å². The van der Waals surface area contributed by atoms with Crippen LogP contribution in [0.3, 0.4) is 0 Å². The number of benzene rings is 1. The van der Waals surface area contributed by atoms with E-state index < -0.39 is 5.60 Å². The summed E-state index contributed by atoms with van der Waals surface area (Å²) in [7, 11) is 3.49. The van der Waals surface area contributed by atoms with Crippen LogP contribution < -0.4 is 10.1 Å². The first-order valence-corrected chi connectivity index (χ1v) is 9.69. The molecule has 7 heteroatoms. The fourth-order valence-corrected chi connectivity index (χ4v) is 4.12. The quantitative estimate of drug-likeness (QED) is 0.782. The number of halogens is 1. The van der Waals surface area contributed by atoms with Crippen LogP contribution in [0.2, 0.25) is 0 Å². The molecule has 2 aliphatic rings. The molecule has 1 amide bonds. The molecule has 2 N–H and O–H groups in total. The topological polar surface area (TPSA) is 65.0 Å². The molecule has 2 aliphatic heterocycles. The number of aliphatic hydroxyl groups is 1. The minimum absolute atomic E-state index is 0.145. The van der Waals surface area contributed by atoms with E-state index in [-0.39, 0.29) is 18.3 Å². The van der Waals surface area contributed by atoms with E-state index in [4.69, 9.17) is 4.74 Å². The minimum Gasteiger partial charge on any atom is -0.497 e. The Labute approximate surface area is 160 Å². The molecule has 1 unspecified atom stereocenters. The van der Waals surface area contributed by atoms with Crippen molar-refractivity contribution >= 4 is 5.91 Å². The number of rotatable bonds is 6. The molecule has 2 heterocycles. The second-order valence-electron chi connectivity index (χ2n) is 7.66. The maximum Gasteiger partial charge on any atom is 0.256 e. The van der Waals surface area contributed by atoms with Gasteiger partial charge in [0.2, 0.25) is 0 Å². The van der Waals surface area contributed by atoms with Crippen LogP contribution in [0.25, 0.3) is 0 Å². The van der Waals surface area contributed by atoms with Crippen molar-refractivity contribution in [2.45, 2.75) is 43.9 Å². The largest absolute Gasteiger partial charge is 0.497 e. The molecule has 27 heavy (non-hydrogen) atoms. The number of hydrogen-bond acceptors (Lipinski definition) is 5. The number of nitrogens with one attached hydrogen (secondary N) is 1. The van der Waals surface area contributed by atoms with Gasteiger partial charge in [-0.05, 0) is 64.0 Å². The lowest BCUT2D eigenvalue weighted by Gasteiger charge is -2.42. The zero-order chi connectivity index (χ0) is 19.4. The van der Waals surface area contributed by atoms with Crippen molar-refractivity contribution in [2.75, 3.05) is 40.3 Å². The van der Waals surface area contributed by atoms with Crippen molar-refractivity contribution in [1.82, 2.24) is 15.1 Å². The average Bonchev–Trinajstić information content (AvgIpc) is 2.68. The summed E-state index contributed by atoms with van der Waals surface area (Å²) in [5.74, 6) is -0.114. The fraction of sp³-hybridized carbons (Fsp3) is 0.650. The van der Waals surface area contributed by atoms with Gasteiger partial charge in [0, 0.05) is 31.2 Å². The highest BCUT2D eigenvalue weighted by Crippen LogP contribution is 2.28. The first kappa shape index (κ1) is 20.0.